The van der Waals surface area contributed by atoms with Crippen LogP contribution < -0.4 is 5.32 Å². The first-order valence-electron chi connectivity index (χ1n) is 5.76. The normalized spacial score (nSPS) is 17.9. The summed E-state index contributed by atoms with van der Waals surface area (Å²) in [6, 6.07) is 1.90. The Morgan fingerprint density at radius 1 is 1.71 bits per heavy atom. The van der Waals surface area contributed by atoms with Crippen molar-refractivity contribution in [3.8, 4) is 0 Å². The number of carbonyl (C=O) groups is 1. The van der Waals surface area contributed by atoms with Crippen LogP contribution in [-0.4, -0.2) is 29.3 Å². The van der Waals surface area contributed by atoms with Crippen LogP contribution in [0.15, 0.2) is 12.3 Å². The maximum absolute atomic E-state index is 11.5. The van der Waals surface area contributed by atoms with Gasteiger partial charge in [0.15, 0.2) is 0 Å². The molecule has 0 aliphatic carbocycles. The van der Waals surface area contributed by atoms with Crippen molar-refractivity contribution in [2.24, 2.45) is 0 Å². The Balaban J connectivity index is 2.19. The van der Waals surface area contributed by atoms with Crippen LogP contribution in [0.5, 0.6) is 0 Å². The maximum atomic E-state index is 11.5. The number of ether oxygens (including phenoxy) is 1. The van der Waals surface area contributed by atoms with Crippen LogP contribution in [-0.2, 0) is 11.3 Å². The van der Waals surface area contributed by atoms with Gasteiger partial charge in [-0.2, -0.15) is 0 Å². The van der Waals surface area contributed by atoms with Crippen LogP contribution in [0.1, 0.15) is 41.0 Å². The van der Waals surface area contributed by atoms with E-state index in [0.29, 0.717) is 25.3 Å². The van der Waals surface area contributed by atoms with Crippen molar-refractivity contribution in [2.75, 3.05) is 13.2 Å². The minimum Gasteiger partial charge on any atom is -0.461 e. The van der Waals surface area contributed by atoms with E-state index in [1.165, 1.54) is 0 Å². The molecule has 0 spiro atoms. The van der Waals surface area contributed by atoms with Gasteiger partial charge in [0, 0.05) is 25.4 Å². The molecule has 1 aliphatic heterocycles. The SMILES string of the molecule is CCOC(=O)c1cc2c(cn1)[C@@H](CCO)NC2. The van der Waals surface area contributed by atoms with E-state index in [9.17, 15) is 4.79 Å². The lowest BCUT2D eigenvalue weighted by Crippen LogP contribution is -2.13. The van der Waals surface area contributed by atoms with Gasteiger partial charge in [0.1, 0.15) is 5.69 Å². The highest BCUT2D eigenvalue weighted by Gasteiger charge is 2.23. The van der Waals surface area contributed by atoms with E-state index in [1.54, 1.807) is 19.2 Å². The molecule has 2 heterocycles. The average molecular weight is 236 g/mol. The van der Waals surface area contributed by atoms with Gasteiger partial charge in [-0.1, -0.05) is 0 Å². The number of hydrogen-bond donors (Lipinski definition) is 2. The molecule has 17 heavy (non-hydrogen) atoms. The molecule has 2 N–H and O–H groups in total. The first-order chi connectivity index (χ1) is 8.26. The van der Waals surface area contributed by atoms with Gasteiger partial charge in [-0.3, -0.25) is 0 Å². The second-order valence-electron chi connectivity index (χ2n) is 3.93. The largest absolute Gasteiger partial charge is 0.461 e. The smallest absolute Gasteiger partial charge is 0.356 e. The van der Waals surface area contributed by atoms with Gasteiger partial charge >= 0.3 is 5.97 Å². The van der Waals surface area contributed by atoms with Gasteiger partial charge in [0.25, 0.3) is 0 Å². The van der Waals surface area contributed by atoms with Crippen LogP contribution in [0.2, 0.25) is 0 Å². The molecule has 0 unspecified atom stereocenters. The van der Waals surface area contributed by atoms with E-state index in [2.05, 4.69) is 10.3 Å². The van der Waals surface area contributed by atoms with Crippen LogP contribution in [0.3, 0.4) is 0 Å². The predicted molar refractivity (Wildman–Crippen MR) is 61.5 cm³/mol. The second-order valence-corrected chi connectivity index (χ2v) is 3.93. The highest BCUT2D eigenvalue weighted by atomic mass is 16.5. The summed E-state index contributed by atoms with van der Waals surface area (Å²) in [4.78, 5) is 15.6. The average Bonchev–Trinajstić information content (AvgIpc) is 2.73. The Morgan fingerprint density at radius 2 is 2.53 bits per heavy atom. The molecule has 0 aromatic carbocycles. The number of fused-ring (bicyclic) bond motifs is 1. The molecular weight excluding hydrogens is 220 g/mol. The van der Waals surface area contributed by atoms with Crippen molar-refractivity contribution < 1.29 is 14.6 Å². The molecule has 1 aromatic heterocycles. The zero-order valence-corrected chi connectivity index (χ0v) is 9.77. The predicted octanol–water partition coefficient (Wildman–Crippen LogP) is 0.785. The van der Waals surface area contributed by atoms with Gasteiger partial charge in [-0.05, 0) is 30.5 Å². The third kappa shape index (κ3) is 2.45. The zero-order valence-electron chi connectivity index (χ0n) is 9.77. The summed E-state index contributed by atoms with van der Waals surface area (Å²) in [7, 11) is 0. The van der Waals surface area contributed by atoms with Gasteiger partial charge in [-0.25, -0.2) is 9.78 Å². The molecule has 0 amide bonds. The van der Waals surface area contributed by atoms with Crippen molar-refractivity contribution in [1.29, 1.82) is 0 Å². The molecule has 0 saturated carbocycles. The first-order valence-corrected chi connectivity index (χ1v) is 5.76. The van der Waals surface area contributed by atoms with E-state index in [0.717, 1.165) is 11.1 Å². The quantitative estimate of drug-likeness (QED) is 0.756. The summed E-state index contributed by atoms with van der Waals surface area (Å²) in [5.74, 6) is -0.388. The lowest BCUT2D eigenvalue weighted by molar-refractivity contribution is 0.0519. The standard InChI is InChI=1S/C12H16N2O3/c1-2-17-12(16)11-5-8-6-13-10(3-4-15)9(8)7-14-11/h5,7,10,13,15H,2-4,6H2,1H3/t10-/m1/s1. The first kappa shape index (κ1) is 12.0. The number of rotatable bonds is 4. The Kier molecular flexibility index (Phi) is 3.71. The number of nitrogens with one attached hydrogen (secondary N) is 1. The van der Waals surface area contributed by atoms with Crippen molar-refractivity contribution in [2.45, 2.75) is 25.9 Å². The molecule has 1 atom stereocenters. The number of carbonyl (C=O) groups excluding carboxylic acids is 1. The maximum Gasteiger partial charge on any atom is 0.356 e. The van der Waals surface area contributed by atoms with Crippen molar-refractivity contribution in [3.05, 3.63) is 29.1 Å². The van der Waals surface area contributed by atoms with Crippen molar-refractivity contribution in [3.63, 3.8) is 0 Å². The minimum atomic E-state index is -0.388. The molecule has 92 valence electrons. The summed E-state index contributed by atoms with van der Waals surface area (Å²) in [5, 5.41) is 12.2. The Hall–Kier alpha value is -1.46. The third-order valence-electron chi connectivity index (χ3n) is 2.84. The van der Waals surface area contributed by atoms with Crippen molar-refractivity contribution in [1.82, 2.24) is 10.3 Å². The molecule has 0 fully saturated rings. The Labute approximate surface area is 99.8 Å². The number of esters is 1. The number of pyridine rings is 1. The summed E-state index contributed by atoms with van der Waals surface area (Å²) in [6.45, 7) is 2.96. The van der Waals surface area contributed by atoms with Crippen LogP contribution in [0, 0.1) is 0 Å². The van der Waals surface area contributed by atoms with E-state index in [-0.39, 0.29) is 18.6 Å². The number of aliphatic hydroxyl groups excluding tert-OH is 1. The number of aromatic nitrogens is 1. The zero-order chi connectivity index (χ0) is 12.3. The van der Waals surface area contributed by atoms with E-state index in [1.807, 2.05) is 0 Å². The molecule has 2 rings (SSSR count). The molecular formula is C12H16N2O3. The summed E-state index contributed by atoms with van der Waals surface area (Å²) in [6.07, 6.45) is 2.36. The number of aliphatic hydroxyl groups is 1. The molecule has 0 radical (unpaired) electrons. The highest BCUT2D eigenvalue weighted by Crippen LogP contribution is 2.27. The fourth-order valence-electron chi connectivity index (χ4n) is 2.02. The van der Waals surface area contributed by atoms with Crippen LogP contribution in [0.4, 0.5) is 0 Å². The molecule has 0 saturated heterocycles. The molecule has 5 nitrogen and oxygen atoms in total. The molecule has 1 aliphatic rings. The number of nitrogens with zero attached hydrogens (tertiary/aromatic N) is 1. The van der Waals surface area contributed by atoms with Crippen LogP contribution in [0.25, 0.3) is 0 Å². The highest BCUT2D eigenvalue weighted by molar-refractivity contribution is 5.87. The van der Waals surface area contributed by atoms with E-state index in [4.69, 9.17) is 9.84 Å². The Bertz CT molecular complexity index is 420. The van der Waals surface area contributed by atoms with E-state index >= 15 is 0 Å². The third-order valence-corrected chi connectivity index (χ3v) is 2.84. The molecule has 5 heteroatoms. The molecule has 1 aromatic rings. The van der Waals surface area contributed by atoms with Crippen molar-refractivity contribution >= 4 is 5.97 Å². The lowest BCUT2D eigenvalue weighted by Gasteiger charge is -2.09. The van der Waals surface area contributed by atoms with Gasteiger partial charge in [0.05, 0.1) is 6.61 Å². The van der Waals surface area contributed by atoms with Gasteiger partial charge < -0.3 is 15.2 Å². The second kappa shape index (κ2) is 5.25. The van der Waals surface area contributed by atoms with Gasteiger partial charge in [0.2, 0.25) is 0 Å². The summed E-state index contributed by atoms with van der Waals surface area (Å²) < 4.78 is 4.90. The van der Waals surface area contributed by atoms with E-state index < -0.39 is 0 Å². The monoisotopic (exact) mass is 236 g/mol. The minimum absolute atomic E-state index is 0.136. The topological polar surface area (TPSA) is 71.5 Å². The summed E-state index contributed by atoms with van der Waals surface area (Å²) in [5.41, 5.74) is 2.46. The summed E-state index contributed by atoms with van der Waals surface area (Å²) >= 11 is 0. The number of hydrogen-bond acceptors (Lipinski definition) is 5. The fourth-order valence-corrected chi connectivity index (χ4v) is 2.02. The fraction of sp³-hybridized carbons (Fsp3) is 0.500. The van der Waals surface area contributed by atoms with Crippen LogP contribution >= 0.6 is 0 Å². The Morgan fingerprint density at radius 3 is 3.24 bits per heavy atom. The molecule has 0 bridgehead atoms. The lowest BCUT2D eigenvalue weighted by atomic mass is 10.0. The van der Waals surface area contributed by atoms with Gasteiger partial charge in [-0.15, -0.1) is 0 Å².